The van der Waals surface area contributed by atoms with Crippen LogP contribution in [0.2, 0.25) is 0 Å². The Kier molecular flexibility index (Phi) is 2.63. The van der Waals surface area contributed by atoms with Crippen LogP contribution in [-0.4, -0.2) is 21.9 Å². The minimum Gasteiger partial charge on any atom is -0.251 e. The van der Waals surface area contributed by atoms with Crippen molar-refractivity contribution in [2.45, 2.75) is 6.36 Å². The van der Waals surface area contributed by atoms with Crippen molar-refractivity contribution < 1.29 is 30.0 Å². The molecular formula is C2H3F3O4S. The summed E-state index contributed by atoms with van der Waals surface area (Å²) in [7, 11) is -4.35. The van der Waals surface area contributed by atoms with Crippen molar-refractivity contribution >= 4 is 10.4 Å². The van der Waals surface area contributed by atoms with Gasteiger partial charge in [0.2, 0.25) is 0 Å². The molecule has 8 heteroatoms. The monoisotopic (exact) mass is 180 g/mol. The van der Waals surface area contributed by atoms with Gasteiger partial charge in [-0.1, -0.05) is 0 Å². The lowest BCUT2D eigenvalue weighted by atomic mass is 11.4. The highest BCUT2D eigenvalue weighted by molar-refractivity contribution is 7.81. The van der Waals surface area contributed by atoms with Gasteiger partial charge in [0.25, 0.3) is 0 Å². The summed E-state index contributed by atoms with van der Waals surface area (Å²) in [6, 6.07) is 0. The molecule has 62 valence electrons. The third-order valence-electron chi connectivity index (χ3n) is 0.401. The fraction of sp³-hybridized carbons (Fsp3) is 1.00. The molecule has 0 rings (SSSR count). The van der Waals surface area contributed by atoms with Gasteiger partial charge in [-0.3, -0.25) is 4.18 Å². The first-order valence-electron chi connectivity index (χ1n) is 1.85. The molecule has 0 saturated carbocycles. The summed E-state index contributed by atoms with van der Waals surface area (Å²) in [5, 5.41) is 0. The quantitative estimate of drug-likeness (QED) is 0.617. The molecule has 0 fully saturated rings. The molecule has 0 atom stereocenters. The SMILES string of the molecule is COS(=O)(=O)OC(F)(F)F. The van der Waals surface area contributed by atoms with Crippen LogP contribution in [0, 0.1) is 0 Å². The molecule has 0 amide bonds. The third kappa shape index (κ3) is 4.53. The minimum absolute atomic E-state index is 0.557. The number of hydrogen-bond donors (Lipinski definition) is 0. The van der Waals surface area contributed by atoms with E-state index in [9.17, 15) is 21.6 Å². The summed E-state index contributed by atoms with van der Waals surface area (Å²) < 4.78 is 58.7. The van der Waals surface area contributed by atoms with Crippen molar-refractivity contribution in [3.8, 4) is 0 Å². The van der Waals surface area contributed by atoms with Crippen molar-refractivity contribution in [1.29, 1.82) is 0 Å². The summed E-state index contributed by atoms with van der Waals surface area (Å²) in [5.41, 5.74) is 0. The molecule has 0 N–H and O–H groups in total. The fourth-order valence-corrected chi connectivity index (χ4v) is 0.449. The highest BCUT2D eigenvalue weighted by atomic mass is 32.3. The van der Waals surface area contributed by atoms with Crippen LogP contribution < -0.4 is 0 Å². The molecule has 0 aliphatic heterocycles. The van der Waals surface area contributed by atoms with E-state index in [4.69, 9.17) is 0 Å². The van der Waals surface area contributed by atoms with E-state index in [1.54, 1.807) is 0 Å². The average molecular weight is 180 g/mol. The predicted molar refractivity (Wildman–Crippen MR) is 23.1 cm³/mol. The fourth-order valence-electron chi connectivity index (χ4n) is 0.150. The maximum atomic E-state index is 11.1. The molecule has 0 aromatic rings. The van der Waals surface area contributed by atoms with Crippen molar-refractivity contribution in [2.24, 2.45) is 0 Å². The Morgan fingerprint density at radius 2 is 1.70 bits per heavy atom. The van der Waals surface area contributed by atoms with Gasteiger partial charge in [-0.25, -0.2) is 0 Å². The highest BCUT2D eigenvalue weighted by Gasteiger charge is 2.37. The van der Waals surface area contributed by atoms with Gasteiger partial charge >= 0.3 is 16.8 Å². The number of rotatable bonds is 2. The molecule has 0 unspecified atom stereocenters. The highest BCUT2D eigenvalue weighted by Crippen LogP contribution is 2.19. The lowest BCUT2D eigenvalue weighted by Crippen LogP contribution is -2.20. The van der Waals surface area contributed by atoms with E-state index < -0.39 is 16.8 Å². The Morgan fingerprint density at radius 3 is 1.80 bits per heavy atom. The molecule has 0 aliphatic rings. The summed E-state index contributed by atoms with van der Waals surface area (Å²) in [4.78, 5) is 0. The number of halogens is 3. The lowest BCUT2D eigenvalue weighted by molar-refractivity contribution is -0.275. The third-order valence-corrected chi connectivity index (χ3v) is 1.20. The minimum atomic E-state index is -5.23. The first kappa shape index (κ1) is 9.66. The molecule has 0 spiro atoms. The zero-order chi connectivity index (χ0) is 8.41. The van der Waals surface area contributed by atoms with E-state index >= 15 is 0 Å². The van der Waals surface area contributed by atoms with Crippen LogP contribution >= 0.6 is 0 Å². The van der Waals surface area contributed by atoms with E-state index in [-0.39, 0.29) is 0 Å². The molecule has 0 saturated heterocycles. The van der Waals surface area contributed by atoms with Crippen molar-refractivity contribution in [1.82, 2.24) is 0 Å². The van der Waals surface area contributed by atoms with Gasteiger partial charge in [-0.2, -0.15) is 8.42 Å². The molecular weight excluding hydrogens is 177 g/mol. The van der Waals surface area contributed by atoms with Crippen molar-refractivity contribution in [3.05, 3.63) is 0 Å². The Morgan fingerprint density at radius 1 is 1.30 bits per heavy atom. The second-order valence-corrected chi connectivity index (χ2v) is 2.42. The van der Waals surface area contributed by atoms with Gasteiger partial charge in [0.15, 0.2) is 0 Å². The standard InChI is InChI=1S/C2H3F3O4S/c1-8-10(6,7)9-2(3,4)5/h1H3. The van der Waals surface area contributed by atoms with Gasteiger partial charge in [0, 0.05) is 0 Å². The Labute approximate surface area is 54.9 Å². The Hall–Kier alpha value is -0.340. The maximum Gasteiger partial charge on any atom is 0.538 e. The van der Waals surface area contributed by atoms with Gasteiger partial charge in [0.1, 0.15) is 0 Å². The molecule has 0 aromatic heterocycles. The van der Waals surface area contributed by atoms with Crippen LogP contribution in [0.5, 0.6) is 0 Å². The van der Waals surface area contributed by atoms with E-state index in [1.807, 2.05) is 0 Å². The first-order valence-corrected chi connectivity index (χ1v) is 3.18. The summed E-state index contributed by atoms with van der Waals surface area (Å²) in [6.07, 6.45) is -5.23. The second-order valence-electron chi connectivity index (χ2n) is 1.10. The molecule has 0 aromatic carbocycles. The number of alkyl halides is 3. The topological polar surface area (TPSA) is 52.6 Å². The van der Waals surface area contributed by atoms with Crippen LogP contribution in [0.15, 0.2) is 0 Å². The summed E-state index contributed by atoms with van der Waals surface area (Å²) >= 11 is 0. The molecule has 4 nitrogen and oxygen atoms in total. The van der Waals surface area contributed by atoms with Crippen LogP contribution in [-0.2, 0) is 18.8 Å². The summed E-state index contributed by atoms with van der Waals surface area (Å²) in [5.74, 6) is 0. The van der Waals surface area contributed by atoms with Gasteiger partial charge < -0.3 is 0 Å². The van der Waals surface area contributed by atoms with E-state index in [2.05, 4.69) is 8.37 Å². The van der Waals surface area contributed by atoms with E-state index in [0.29, 0.717) is 7.11 Å². The maximum absolute atomic E-state index is 11.1. The molecule has 0 radical (unpaired) electrons. The summed E-state index contributed by atoms with van der Waals surface area (Å²) in [6.45, 7) is 0. The normalized spacial score (nSPS) is 13.6. The van der Waals surface area contributed by atoms with Crippen LogP contribution in [0.3, 0.4) is 0 Å². The largest absolute Gasteiger partial charge is 0.538 e. The zero-order valence-corrected chi connectivity index (χ0v) is 5.49. The molecule has 0 bridgehead atoms. The lowest BCUT2D eigenvalue weighted by Gasteiger charge is -2.03. The number of hydrogen-bond acceptors (Lipinski definition) is 4. The van der Waals surface area contributed by atoms with Crippen LogP contribution in [0.25, 0.3) is 0 Å². The van der Waals surface area contributed by atoms with Crippen molar-refractivity contribution in [2.75, 3.05) is 7.11 Å². The van der Waals surface area contributed by atoms with E-state index in [0.717, 1.165) is 0 Å². The van der Waals surface area contributed by atoms with Crippen molar-refractivity contribution in [3.63, 3.8) is 0 Å². The zero-order valence-electron chi connectivity index (χ0n) is 4.68. The smallest absolute Gasteiger partial charge is 0.251 e. The molecule has 10 heavy (non-hydrogen) atoms. The molecule has 0 heterocycles. The second kappa shape index (κ2) is 2.72. The van der Waals surface area contributed by atoms with Crippen LogP contribution in [0.1, 0.15) is 0 Å². The first-order chi connectivity index (χ1) is 4.27. The van der Waals surface area contributed by atoms with Gasteiger partial charge in [-0.15, -0.1) is 17.4 Å². The Balaban J connectivity index is 4.18. The Bertz CT molecular complexity index is 191. The average Bonchev–Trinajstić information content (AvgIpc) is 1.60. The van der Waals surface area contributed by atoms with Gasteiger partial charge in [0.05, 0.1) is 7.11 Å². The van der Waals surface area contributed by atoms with E-state index in [1.165, 1.54) is 0 Å². The molecule has 0 aliphatic carbocycles. The predicted octanol–water partition coefficient (Wildman–Crippen LogP) is 0.414. The van der Waals surface area contributed by atoms with Crippen LogP contribution in [0.4, 0.5) is 13.2 Å². The van der Waals surface area contributed by atoms with Gasteiger partial charge in [-0.05, 0) is 0 Å².